The van der Waals surface area contributed by atoms with E-state index in [2.05, 4.69) is 44.7 Å². The van der Waals surface area contributed by atoms with Gasteiger partial charge < -0.3 is 15.2 Å². The molecule has 0 spiro atoms. The number of fused-ring (bicyclic) bond motifs is 1. The SMILES string of the molecule is CC(C)c1ccc(Oc2ncnc(Oc3ccc(Br)c4cccnc34)c2N)cc1. The van der Waals surface area contributed by atoms with E-state index in [1.807, 2.05) is 48.5 Å². The molecule has 2 N–H and O–H groups in total. The summed E-state index contributed by atoms with van der Waals surface area (Å²) in [6.45, 7) is 4.28. The summed E-state index contributed by atoms with van der Waals surface area (Å²) in [6, 6.07) is 15.4. The summed E-state index contributed by atoms with van der Waals surface area (Å²) < 4.78 is 12.7. The van der Waals surface area contributed by atoms with E-state index in [9.17, 15) is 0 Å². The van der Waals surface area contributed by atoms with E-state index in [4.69, 9.17) is 15.2 Å². The highest BCUT2D eigenvalue weighted by Crippen LogP contribution is 2.37. The maximum absolute atomic E-state index is 6.23. The fourth-order valence-electron chi connectivity index (χ4n) is 2.86. The Labute approximate surface area is 176 Å². The van der Waals surface area contributed by atoms with Crippen LogP contribution in [0.1, 0.15) is 25.3 Å². The Morgan fingerprint density at radius 1 is 0.897 bits per heavy atom. The number of nitrogens with two attached hydrogens (primary N) is 1. The summed E-state index contributed by atoms with van der Waals surface area (Å²) in [6.07, 6.45) is 3.07. The van der Waals surface area contributed by atoms with Gasteiger partial charge >= 0.3 is 0 Å². The molecule has 0 aliphatic rings. The van der Waals surface area contributed by atoms with E-state index in [1.54, 1.807) is 6.20 Å². The van der Waals surface area contributed by atoms with Crippen molar-refractivity contribution in [1.82, 2.24) is 15.0 Å². The molecular formula is C22H19BrN4O2. The highest BCUT2D eigenvalue weighted by atomic mass is 79.9. The van der Waals surface area contributed by atoms with Gasteiger partial charge in [-0.05, 0) is 41.8 Å². The van der Waals surface area contributed by atoms with Gasteiger partial charge in [0.2, 0.25) is 11.8 Å². The van der Waals surface area contributed by atoms with E-state index in [-0.39, 0.29) is 17.4 Å². The zero-order chi connectivity index (χ0) is 20.4. The summed E-state index contributed by atoms with van der Waals surface area (Å²) in [5, 5.41) is 0.930. The Kier molecular flexibility index (Phi) is 5.31. The fraction of sp³-hybridized carbons (Fsp3) is 0.136. The number of nitrogens with zero attached hydrogens (tertiary/aromatic N) is 3. The molecule has 0 saturated carbocycles. The summed E-state index contributed by atoms with van der Waals surface area (Å²) in [5.41, 5.74) is 8.37. The molecule has 0 amide bonds. The maximum Gasteiger partial charge on any atom is 0.249 e. The molecular weight excluding hydrogens is 432 g/mol. The predicted octanol–water partition coefficient (Wildman–Crippen LogP) is 6.08. The van der Waals surface area contributed by atoms with Crippen molar-refractivity contribution in [2.24, 2.45) is 0 Å². The van der Waals surface area contributed by atoms with Crippen molar-refractivity contribution in [1.29, 1.82) is 0 Å². The van der Waals surface area contributed by atoms with E-state index in [0.717, 1.165) is 9.86 Å². The van der Waals surface area contributed by atoms with Crippen LogP contribution in [-0.2, 0) is 0 Å². The molecule has 0 bridgehead atoms. The second-order valence-corrected chi connectivity index (χ2v) is 7.62. The number of halogens is 1. The highest BCUT2D eigenvalue weighted by Gasteiger charge is 2.15. The summed E-state index contributed by atoms with van der Waals surface area (Å²) in [4.78, 5) is 12.7. The van der Waals surface area contributed by atoms with Gasteiger partial charge in [0.25, 0.3) is 0 Å². The molecule has 2 heterocycles. The lowest BCUT2D eigenvalue weighted by Gasteiger charge is -2.13. The number of anilines is 1. The van der Waals surface area contributed by atoms with Crippen molar-refractivity contribution in [3.63, 3.8) is 0 Å². The van der Waals surface area contributed by atoms with E-state index in [0.29, 0.717) is 22.9 Å². The van der Waals surface area contributed by atoms with Gasteiger partial charge in [-0.3, -0.25) is 4.98 Å². The Morgan fingerprint density at radius 3 is 2.34 bits per heavy atom. The van der Waals surface area contributed by atoms with Gasteiger partial charge in [0, 0.05) is 16.1 Å². The number of aromatic nitrogens is 3. The number of ether oxygens (including phenoxy) is 2. The van der Waals surface area contributed by atoms with Gasteiger partial charge in [0.15, 0.2) is 11.4 Å². The van der Waals surface area contributed by atoms with Gasteiger partial charge in [-0.1, -0.05) is 48.0 Å². The molecule has 29 heavy (non-hydrogen) atoms. The first kappa shape index (κ1) is 19.1. The standard InChI is InChI=1S/C22H19BrN4O2/c1-13(2)14-5-7-15(8-6-14)28-21-19(24)22(27-12-26-21)29-18-10-9-17(23)16-4-3-11-25-20(16)18/h3-13H,24H2,1-2H3. The lowest BCUT2D eigenvalue weighted by Crippen LogP contribution is -2.01. The van der Waals surface area contributed by atoms with E-state index in [1.165, 1.54) is 11.9 Å². The Morgan fingerprint density at radius 2 is 1.62 bits per heavy atom. The first-order valence-corrected chi connectivity index (χ1v) is 9.91. The third-order valence-electron chi connectivity index (χ3n) is 4.46. The summed E-state index contributed by atoms with van der Waals surface area (Å²) in [7, 11) is 0. The molecule has 0 radical (unpaired) electrons. The van der Waals surface area contributed by atoms with Gasteiger partial charge in [-0.2, -0.15) is 9.97 Å². The van der Waals surface area contributed by atoms with Crippen LogP contribution in [-0.4, -0.2) is 15.0 Å². The summed E-state index contributed by atoms with van der Waals surface area (Å²) in [5.74, 6) is 2.08. The number of hydrogen-bond acceptors (Lipinski definition) is 6. The first-order chi connectivity index (χ1) is 14.0. The average Bonchev–Trinajstić information content (AvgIpc) is 2.73. The van der Waals surface area contributed by atoms with Crippen molar-refractivity contribution in [3.8, 4) is 23.3 Å². The van der Waals surface area contributed by atoms with Crippen molar-refractivity contribution in [2.45, 2.75) is 19.8 Å². The molecule has 2 aromatic heterocycles. The minimum absolute atomic E-state index is 0.211. The molecule has 6 nitrogen and oxygen atoms in total. The molecule has 0 fully saturated rings. The quantitative estimate of drug-likeness (QED) is 0.396. The highest BCUT2D eigenvalue weighted by molar-refractivity contribution is 9.10. The summed E-state index contributed by atoms with van der Waals surface area (Å²) >= 11 is 3.53. The van der Waals surface area contributed by atoms with Crippen LogP contribution >= 0.6 is 15.9 Å². The second kappa shape index (κ2) is 8.05. The molecule has 4 aromatic rings. The fourth-order valence-corrected chi connectivity index (χ4v) is 3.31. The zero-order valence-corrected chi connectivity index (χ0v) is 17.6. The molecule has 146 valence electrons. The molecule has 0 atom stereocenters. The third-order valence-corrected chi connectivity index (χ3v) is 5.15. The van der Waals surface area contributed by atoms with E-state index >= 15 is 0 Å². The topological polar surface area (TPSA) is 83.2 Å². The molecule has 0 aliphatic carbocycles. The van der Waals surface area contributed by atoms with E-state index < -0.39 is 0 Å². The number of hydrogen-bond donors (Lipinski definition) is 1. The Hall–Kier alpha value is -3.19. The average molecular weight is 451 g/mol. The number of benzene rings is 2. The van der Waals surface area contributed by atoms with Crippen LogP contribution in [0.15, 0.2) is 65.5 Å². The second-order valence-electron chi connectivity index (χ2n) is 6.77. The van der Waals surface area contributed by atoms with Crippen LogP contribution in [0.2, 0.25) is 0 Å². The smallest absolute Gasteiger partial charge is 0.249 e. The van der Waals surface area contributed by atoms with Crippen LogP contribution in [0.5, 0.6) is 23.3 Å². The predicted molar refractivity (Wildman–Crippen MR) is 117 cm³/mol. The maximum atomic E-state index is 6.23. The van der Waals surface area contributed by atoms with Crippen LogP contribution in [0.4, 0.5) is 5.69 Å². The van der Waals surface area contributed by atoms with Gasteiger partial charge in [-0.25, -0.2) is 0 Å². The number of pyridine rings is 1. The largest absolute Gasteiger partial charge is 0.437 e. The molecule has 0 unspecified atom stereocenters. The monoisotopic (exact) mass is 450 g/mol. The molecule has 7 heteroatoms. The van der Waals surface area contributed by atoms with Crippen LogP contribution < -0.4 is 15.2 Å². The lowest BCUT2D eigenvalue weighted by molar-refractivity contribution is 0.440. The van der Waals surface area contributed by atoms with Crippen molar-refractivity contribution in [2.75, 3.05) is 5.73 Å². The van der Waals surface area contributed by atoms with Crippen LogP contribution in [0.25, 0.3) is 10.9 Å². The first-order valence-electron chi connectivity index (χ1n) is 9.12. The van der Waals surface area contributed by atoms with Crippen molar-refractivity contribution in [3.05, 3.63) is 71.1 Å². The van der Waals surface area contributed by atoms with Crippen LogP contribution in [0.3, 0.4) is 0 Å². The molecule has 0 aliphatic heterocycles. The molecule has 4 rings (SSSR count). The van der Waals surface area contributed by atoms with Gasteiger partial charge in [0.05, 0.1) is 0 Å². The molecule has 2 aromatic carbocycles. The Bertz CT molecular complexity index is 1160. The normalized spacial score (nSPS) is 11.0. The Balaban J connectivity index is 1.63. The lowest BCUT2D eigenvalue weighted by atomic mass is 10.0. The van der Waals surface area contributed by atoms with Crippen molar-refractivity contribution < 1.29 is 9.47 Å². The van der Waals surface area contributed by atoms with Crippen LogP contribution in [0, 0.1) is 0 Å². The van der Waals surface area contributed by atoms with Gasteiger partial charge in [-0.15, -0.1) is 0 Å². The third kappa shape index (κ3) is 4.00. The number of rotatable bonds is 5. The van der Waals surface area contributed by atoms with Crippen molar-refractivity contribution >= 4 is 32.5 Å². The minimum Gasteiger partial charge on any atom is -0.437 e. The van der Waals surface area contributed by atoms with Gasteiger partial charge in [0.1, 0.15) is 17.6 Å². The minimum atomic E-state index is 0.211. The number of nitrogen functional groups attached to an aromatic ring is 1. The zero-order valence-electron chi connectivity index (χ0n) is 16.0. The molecule has 0 saturated heterocycles.